The highest BCUT2D eigenvalue weighted by atomic mass is 16.1. The summed E-state index contributed by atoms with van der Waals surface area (Å²) in [5.41, 5.74) is 5.14. The van der Waals surface area contributed by atoms with Gasteiger partial charge in [-0.2, -0.15) is 0 Å². The number of rotatable bonds is 3. The lowest BCUT2D eigenvalue weighted by molar-refractivity contribution is -0.124. The van der Waals surface area contributed by atoms with Crippen molar-refractivity contribution in [3.63, 3.8) is 0 Å². The smallest absolute Gasteiger partial charge is 0.152 e. The van der Waals surface area contributed by atoms with Gasteiger partial charge in [0.1, 0.15) is 0 Å². The Kier molecular flexibility index (Phi) is 1.99. The van der Waals surface area contributed by atoms with Crippen LogP contribution in [-0.2, 0) is 4.79 Å². The van der Waals surface area contributed by atoms with E-state index in [0.717, 1.165) is 18.3 Å². The molecule has 74 valence electrons. The van der Waals surface area contributed by atoms with Gasteiger partial charge in [-0.15, -0.1) is 0 Å². The molecule has 2 nitrogen and oxygen atoms in total. The Bertz CT molecular complexity index is 219. The lowest BCUT2D eigenvalue weighted by Gasteiger charge is -2.19. The zero-order valence-electron chi connectivity index (χ0n) is 8.55. The van der Waals surface area contributed by atoms with E-state index < -0.39 is 5.54 Å². The molecule has 0 radical (unpaired) electrons. The van der Waals surface area contributed by atoms with Crippen molar-refractivity contribution in [3.05, 3.63) is 0 Å². The summed E-state index contributed by atoms with van der Waals surface area (Å²) >= 11 is 0. The van der Waals surface area contributed by atoms with E-state index in [4.69, 9.17) is 5.73 Å². The van der Waals surface area contributed by atoms with Gasteiger partial charge in [-0.05, 0) is 50.9 Å². The van der Waals surface area contributed by atoms with Gasteiger partial charge in [0.2, 0.25) is 0 Å². The molecule has 2 aliphatic carbocycles. The summed E-state index contributed by atoms with van der Waals surface area (Å²) in [7, 11) is 0. The minimum absolute atomic E-state index is 0.235. The largest absolute Gasteiger partial charge is 0.319 e. The topological polar surface area (TPSA) is 43.1 Å². The van der Waals surface area contributed by atoms with Gasteiger partial charge in [0.25, 0.3) is 0 Å². The highest BCUT2D eigenvalue weighted by molar-refractivity contribution is 5.87. The molecule has 2 unspecified atom stereocenters. The van der Waals surface area contributed by atoms with E-state index in [1.807, 2.05) is 13.8 Å². The maximum Gasteiger partial charge on any atom is 0.152 e. The first kappa shape index (κ1) is 9.20. The number of hydrogen-bond donors (Lipinski definition) is 1. The molecular formula is C11H19NO. The second kappa shape index (κ2) is 2.81. The van der Waals surface area contributed by atoms with E-state index in [-0.39, 0.29) is 5.78 Å². The van der Waals surface area contributed by atoms with Gasteiger partial charge in [-0.25, -0.2) is 0 Å². The van der Waals surface area contributed by atoms with Crippen molar-refractivity contribution < 1.29 is 4.79 Å². The van der Waals surface area contributed by atoms with Crippen LogP contribution in [0.2, 0.25) is 0 Å². The Labute approximate surface area is 79.9 Å². The zero-order valence-corrected chi connectivity index (χ0v) is 8.55. The summed E-state index contributed by atoms with van der Waals surface area (Å²) in [6.07, 6.45) is 4.71. The van der Waals surface area contributed by atoms with Crippen LogP contribution in [0.25, 0.3) is 0 Å². The minimum Gasteiger partial charge on any atom is -0.319 e. The van der Waals surface area contributed by atoms with Crippen molar-refractivity contribution in [3.8, 4) is 0 Å². The third kappa shape index (κ3) is 1.93. The van der Waals surface area contributed by atoms with Gasteiger partial charge in [0.05, 0.1) is 5.54 Å². The molecule has 2 aliphatic rings. The summed E-state index contributed by atoms with van der Waals surface area (Å²) in [6, 6.07) is 0. The van der Waals surface area contributed by atoms with Gasteiger partial charge in [-0.3, -0.25) is 4.79 Å². The first-order valence-electron chi connectivity index (χ1n) is 5.29. The molecule has 0 aromatic heterocycles. The van der Waals surface area contributed by atoms with Crippen molar-refractivity contribution >= 4 is 5.78 Å². The first-order chi connectivity index (χ1) is 5.97. The monoisotopic (exact) mass is 181 g/mol. The summed E-state index contributed by atoms with van der Waals surface area (Å²) < 4.78 is 0. The molecule has 0 saturated heterocycles. The Balaban J connectivity index is 1.81. The van der Waals surface area contributed by atoms with Crippen LogP contribution >= 0.6 is 0 Å². The van der Waals surface area contributed by atoms with E-state index in [1.54, 1.807) is 0 Å². The quantitative estimate of drug-likeness (QED) is 0.720. The number of fused-ring (bicyclic) bond motifs is 1. The molecule has 13 heavy (non-hydrogen) atoms. The van der Waals surface area contributed by atoms with E-state index in [1.165, 1.54) is 19.3 Å². The predicted molar refractivity (Wildman–Crippen MR) is 52.2 cm³/mol. The molecular weight excluding hydrogens is 162 g/mol. The molecule has 0 aromatic carbocycles. The molecule has 2 atom stereocenters. The van der Waals surface area contributed by atoms with E-state index >= 15 is 0 Å². The average molecular weight is 181 g/mol. The number of Topliss-reactive ketones (excluding diaryl/α,β-unsaturated/α-hetero) is 1. The minimum atomic E-state index is -0.618. The van der Waals surface area contributed by atoms with Crippen LogP contribution in [0.15, 0.2) is 0 Å². The zero-order chi connectivity index (χ0) is 9.64. The maximum atomic E-state index is 11.6. The number of carbonyl (C=O) groups excluding carboxylic acids is 1. The standard InChI is InChI=1S/C11H19NO/c1-11(2,12)10(13)5-7-3-8-6-9(8)4-7/h7-9H,3-6,12H2,1-2H3. The Morgan fingerprint density at radius 2 is 1.85 bits per heavy atom. The van der Waals surface area contributed by atoms with Crippen LogP contribution < -0.4 is 5.73 Å². The van der Waals surface area contributed by atoms with Crippen LogP contribution in [0, 0.1) is 17.8 Å². The second-order valence-electron chi connectivity index (χ2n) is 5.44. The van der Waals surface area contributed by atoms with Crippen molar-refractivity contribution in [2.45, 2.75) is 45.1 Å². The Morgan fingerprint density at radius 1 is 1.31 bits per heavy atom. The molecule has 0 heterocycles. The van der Waals surface area contributed by atoms with Crippen LogP contribution in [0.5, 0.6) is 0 Å². The van der Waals surface area contributed by atoms with Gasteiger partial charge in [0.15, 0.2) is 5.78 Å². The first-order valence-corrected chi connectivity index (χ1v) is 5.29. The fourth-order valence-electron chi connectivity index (χ4n) is 2.53. The molecule has 2 N–H and O–H groups in total. The molecule has 0 aliphatic heterocycles. The fourth-order valence-corrected chi connectivity index (χ4v) is 2.53. The lowest BCUT2D eigenvalue weighted by Crippen LogP contribution is -2.42. The van der Waals surface area contributed by atoms with Crippen LogP contribution in [0.1, 0.15) is 39.5 Å². The predicted octanol–water partition coefficient (Wildman–Crippen LogP) is 1.73. The van der Waals surface area contributed by atoms with Crippen molar-refractivity contribution in [1.29, 1.82) is 0 Å². The van der Waals surface area contributed by atoms with Crippen molar-refractivity contribution in [1.82, 2.24) is 0 Å². The van der Waals surface area contributed by atoms with Gasteiger partial charge in [0, 0.05) is 6.42 Å². The Morgan fingerprint density at radius 3 is 2.31 bits per heavy atom. The SMILES string of the molecule is CC(C)(N)C(=O)CC1CC2CC2C1. The summed E-state index contributed by atoms with van der Waals surface area (Å²) in [4.78, 5) is 11.6. The normalized spacial score (nSPS) is 37.3. The number of ketones is 1. The summed E-state index contributed by atoms with van der Waals surface area (Å²) in [5, 5.41) is 0. The van der Waals surface area contributed by atoms with Gasteiger partial charge < -0.3 is 5.73 Å². The van der Waals surface area contributed by atoms with Gasteiger partial charge >= 0.3 is 0 Å². The van der Waals surface area contributed by atoms with Crippen molar-refractivity contribution in [2.24, 2.45) is 23.5 Å². The van der Waals surface area contributed by atoms with E-state index in [0.29, 0.717) is 5.92 Å². The number of nitrogens with two attached hydrogens (primary N) is 1. The summed E-state index contributed by atoms with van der Waals surface area (Å²) in [5.74, 6) is 2.83. The molecule has 0 spiro atoms. The molecule has 2 fully saturated rings. The molecule has 0 bridgehead atoms. The lowest BCUT2D eigenvalue weighted by atomic mass is 9.89. The Hall–Kier alpha value is -0.370. The summed E-state index contributed by atoms with van der Waals surface area (Å²) in [6.45, 7) is 3.62. The van der Waals surface area contributed by atoms with Crippen LogP contribution in [-0.4, -0.2) is 11.3 Å². The van der Waals surface area contributed by atoms with Crippen LogP contribution in [0.3, 0.4) is 0 Å². The number of hydrogen-bond acceptors (Lipinski definition) is 2. The van der Waals surface area contributed by atoms with Gasteiger partial charge in [-0.1, -0.05) is 0 Å². The molecule has 2 rings (SSSR count). The molecule has 2 heteroatoms. The fraction of sp³-hybridized carbons (Fsp3) is 0.909. The highest BCUT2D eigenvalue weighted by Crippen LogP contribution is 2.55. The van der Waals surface area contributed by atoms with E-state index in [2.05, 4.69) is 0 Å². The second-order valence-corrected chi connectivity index (χ2v) is 5.44. The molecule has 0 amide bonds. The average Bonchev–Trinajstić information content (AvgIpc) is 2.57. The number of carbonyl (C=O) groups is 1. The molecule has 0 aromatic rings. The highest BCUT2D eigenvalue weighted by Gasteiger charge is 2.46. The third-order valence-electron chi connectivity index (χ3n) is 3.53. The van der Waals surface area contributed by atoms with E-state index in [9.17, 15) is 4.79 Å². The molecule has 2 saturated carbocycles. The maximum absolute atomic E-state index is 11.6. The van der Waals surface area contributed by atoms with Crippen LogP contribution in [0.4, 0.5) is 0 Å². The third-order valence-corrected chi connectivity index (χ3v) is 3.53. The van der Waals surface area contributed by atoms with Crippen molar-refractivity contribution in [2.75, 3.05) is 0 Å².